The molecule has 174 valence electrons. The summed E-state index contributed by atoms with van der Waals surface area (Å²) >= 11 is 0. The molecule has 1 atom stereocenters. The Morgan fingerprint density at radius 2 is 1.71 bits per heavy atom. The minimum absolute atomic E-state index is 0.122. The van der Waals surface area contributed by atoms with Gasteiger partial charge in [-0.2, -0.15) is 0 Å². The summed E-state index contributed by atoms with van der Waals surface area (Å²) < 4.78 is 26.9. The zero-order valence-electron chi connectivity index (χ0n) is 18.5. The van der Waals surface area contributed by atoms with Crippen LogP contribution >= 0.6 is 0 Å². The fourth-order valence-electron chi connectivity index (χ4n) is 3.91. The predicted molar refractivity (Wildman–Crippen MR) is 130 cm³/mol. The van der Waals surface area contributed by atoms with Crippen LogP contribution in [0.25, 0.3) is 0 Å². The Balaban J connectivity index is 1.54. The van der Waals surface area contributed by atoms with Crippen molar-refractivity contribution in [2.24, 2.45) is 0 Å². The van der Waals surface area contributed by atoms with Crippen LogP contribution in [0.1, 0.15) is 32.0 Å². The number of nitrogens with one attached hydrogen (secondary N) is 1. The lowest BCUT2D eigenvalue weighted by Gasteiger charge is -2.23. The summed E-state index contributed by atoms with van der Waals surface area (Å²) in [4.78, 5) is 33.1. The van der Waals surface area contributed by atoms with Crippen molar-refractivity contribution < 1.29 is 18.2 Å². The van der Waals surface area contributed by atoms with Gasteiger partial charge in [-0.1, -0.05) is 30.3 Å². The third-order valence-corrected chi connectivity index (χ3v) is 7.18. The lowest BCUT2D eigenvalue weighted by molar-refractivity contribution is 0.0947. The molecule has 0 radical (unpaired) electrons. The third-order valence-electron chi connectivity index (χ3n) is 5.68. The van der Waals surface area contributed by atoms with Crippen LogP contribution in [0.15, 0.2) is 101 Å². The maximum atomic E-state index is 13.6. The highest BCUT2D eigenvalue weighted by Crippen LogP contribution is 2.36. The summed E-state index contributed by atoms with van der Waals surface area (Å²) in [6.07, 6.45) is 1.65. The van der Waals surface area contributed by atoms with Crippen LogP contribution in [0.2, 0.25) is 0 Å². The van der Waals surface area contributed by atoms with Crippen LogP contribution in [-0.2, 0) is 23.9 Å². The molecule has 1 aliphatic rings. The van der Waals surface area contributed by atoms with Gasteiger partial charge in [0, 0.05) is 11.8 Å². The lowest BCUT2D eigenvalue weighted by atomic mass is 10.1. The van der Waals surface area contributed by atoms with Gasteiger partial charge in [0.25, 0.3) is 11.8 Å². The summed E-state index contributed by atoms with van der Waals surface area (Å²) in [7, 11) is -1.63. The highest BCUT2D eigenvalue weighted by atomic mass is 32.2. The number of halogens is 1. The molecule has 4 aromatic rings. The van der Waals surface area contributed by atoms with E-state index in [1.807, 2.05) is 6.07 Å². The van der Waals surface area contributed by atoms with Crippen molar-refractivity contribution in [3.63, 3.8) is 0 Å². The highest BCUT2D eigenvalue weighted by Gasteiger charge is 2.31. The molecule has 0 fully saturated rings. The van der Waals surface area contributed by atoms with Gasteiger partial charge in [-0.05, 0) is 60.2 Å². The summed E-state index contributed by atoms with van der Waals surface area (Å²) in [5, 5.41) is 2.83. The molecule has 0 aliphatic carbocycles. The van der Waals surface area contributed by atoms with Crippen LogP contribution in [0, 0.1) is 5.82 Å². The number of nitrogens with zero attached hydrogens (tertiary/aromatic N) is 2. The molecule has 5 rings (SSSR count). The van der Waals surface area contributed by atoms with Crippen molar-refractivity contribution >= 4 is 28.3 Å². The lowest BCUT2D eigenvalue weighted by Crippen LogP contribution is -2.31. The van der Waals surface area contributed by atoms with Crippen molar-refractivity contribution in [1.29, 1.82) is 0 Å². The topological polar surface area (TPSA) is 79.4 Å². The van der Waals surface area contributed by atoms with Gasteiger partial charge < -0.3 is 10.2 Å². The molecule has 1 aromatic heterocycles. The number of hydrogen-bond donors (Lipinski definition) is 1. The molecule has 0 saturated carbocycles. The van der Waals surface area contributed by atoms with Gasteiger partial charge in [0.2, 0.25) is 0 Å². The zero-order valence-corrected chi connectivity index (χ0v) is 19.3. The van der Waals surface area contributed by atoms with E-state index in [4.69, 9.17) is 0 Å². The molecule has 0 spiro atoms. The van der Waals surface area contributed by atoms with Crippen LogP contribution in [0.5, 0.6) is 0 Å². The average molecular weight is 486 g/mol. The molecule has 1 unspecified atom stereocenters. The van der Waals surface area contributed by atoms with Crippen LogP contribution in [-0.4, -0.2) is 21.0 Å². The largest absolute Gasteiger partial charge is 0.346 e. The van der Waals surface area contributed by atoms with Crippen molar-refractivity contribution in [2.75, 3.05) is 4.90 Å². The number of fused-ring (bicyclic) bond motifs is 2. The van der Waals surface area contributed by atoms with E-state index in [1.165, 1.54) is 17.0 Å². The quantitative estimate of drug-likeness (QED) is 0.452. The monoisotopic (exact) mass is 485 g/mol. The van der Waals surface area contributed by atoms with E-state index < -0.39 is 10.8 Å². The van der Waals surface area contributed by atoms with E-state index in [-0.39, 0.29) is 30.7 Å². The smallest absolute Gasteiger partial charge is 0.259 e. The predicted octanol–water partition coefficient (Wildman–Crippen LogP) is 4.48. The van der Waals surface area contributed by atoms with Gasteiger partial charge in [-0.25, -0.2) is 8.60 Å². The number of aromatic nitrogens is 1. The number of carbonyl (C=O) groups excluding carboxylic acids is 2. The molecule has 2 heterocycles. The average Bonchev–Trinajstić information content (AvgIpc) is 2.98. The van der Waals surface area contributed by atoms with E-state index in [2.05, 4.69) is 10.3 Å². The van der Waals surface area contributed by atoms with E-state index >= 15 is 0 Å². The number of benzene rings is 3. The third kappa shape index (κ3) is 4.61. The fraction of sp³-hybridized carbons (Fsp3) is 0.0741. The van der Waals surface area contributed by atoms with Gasteiger partial charge in [-0.15, -0.1) is 0 Å². The second-order valence-electron chi connectivity index (χ2n) is 7.97. The van der Waals surface area contributed by atoms with E-state index in [9.17, 15) is 18.2 Å². The minimum atomic E-state index is -1.63. The summed E-state index contributed by atoms with van der Waals surface area (Å²) in [5.41, 5.74) is 2.42. The maximum Gasteiger partial charge on any atom is 0.259 e. The summed E-state index contributed by atoms with van der Waals surface area (Å²) in [6.45, 7) is 0.364. The molecule has 2 amide bonds. The Labute approximate surface area is 203 Å². The Morgan fingerprint density at radius 1 is 0.943 bits per heavy atom. The first kappa shape index (κ1) is 22.6. The second-order valence-corrected chi connectivity index (χ2v) is 9.39. The number of hydrogen-bond acceptors (Lipinski definition) is 4. The van der Waals surface area contributed by atoms with Gasteiger partial charge in [0.1, 0.15) is 5.82 Å². The van der Waals surface area contributed by atoms with Crippen molar-refractivity contribution in [3.8, 4) is 0 Å². The summed E-state index contributed by atoms with van der Waals surface area (Å²) in [5.74, 6) is -1.07. The number of carbonyl (C=O) groups is 2. The minimum Gasteiger partial charge on any atom is -0.346 e. The SMILES string of the molecule is O=C(NCc1ccccn1)c1ccc2c(c1)N(Cc1ccc(F)cc1)C(=O)c1ccccc1S2=O. The second kappa shape index (κ2) is 9.60. The fourth-order valence-corrected chi connectivity index (χ4v) is 5.25. The molecule has 0 saturated heterocycles. The molecule has 0 bridgehead atoms. The van der Waals surface area contributed by atoms with E-state index in [0.717, 1.165) is 0 Å². The Kier molecular flexibility index (Phi) is 6.20. The molecular weight excluding hydrogens is 465 g/mol. The number of amides is 2. The molecular formula is C27H20FN3O3S. The first-order valence-electron chi connectivity index (χ1n) is 10.9. The number of pyridine rings is 1. The molecule has 1 N–H and O–H groups in total. The molecule has 1 aliphatic heterocycles. The van der Waals surface area contributed by atoms with Crippen LogP contribution < -0.4 is 10.2 Å². The van der Waals surface area contributed by atoms with Crippen molar-refractivity contribution in [3.05, 3.63) is 119 Å². The molecule has 3 aromatic carbocycles. The van der Waals surface area contributed by atoms with Gasteiger partial charge in [0.05, 0.1) is 50.6 Å². The van der Waals surface area contributed by atoms with E-state index in [0.29, 0.717) is 37.9 Å². The number of rotatable bonds is 5. The number of anilines is 1. The normalized spacial score (nSPS) is 14.6. The Bertz CT molecular complexity index is 1440. The Hall–Kier alpha value is -4.17. The standard InChI is InChI=1S/C27H20FN3O3S/c28-20-11-8-18(9-12-20)17-31-23-15-19(26(32)30-16-21-5-3-4-14-29-21)10-13-25(23)35(34)24-7-2-1-6-22(24)27(31)33/h1-15H,16-17H2,(H,30,32). The van der Waals surface area contributed by atoms with Gasteiger partial charge >= 0.3 is 0 Å². The van der Waals surface area contributed by atoms with Crippen molar-refractivity contribution in [1.82, 2.24) is 10.3 Å². The van der Waals surface area contributed by atoms with Crippen LogP contribution in [0.3, 0.4) is 0 Å². The van der Waals surface area contributed by atoms with Gasteiger partial charge in [0.15, 0.2) is 0 Å². The first-order valence-corrected chi connectivity index (χ1v) is 12.1. The maximum absolute atomic E-state index is 13.6. The van der Waals surface area contributed by atoms with E-state index in [1.54, 1.807) is 72.9 Å². The summed E-state index contributed by atoms with van der Waals surface area (Å²) in [6, 6.07) is 22.8. The highest BCUT2D eigenvalue weighted by molar-refractivity contribution is 7.85. The molecule has 6 nitrogen and oxygen atoms in total. The first-order chi connectivity index (χ1) is 17.0. The Morgan fingerprint density at radius 3 is 2.49 bits per heavy atom. The van der Waals surface area contributed by atoms with Gasteiger partial charge in [-0.3, -0.25) is 14.6 Å². The van der Waals surface area contributed by atoms with Crippen molar-refractivity contribution in [2.45, 2.75) is 22.9 Å². The zero-order chi connectivity index (χ0) is 24.4. The molecule has 35 heavy (non-hydrogen) atoms. The molecule has 8 heteroatoms. The van der Waals surface area contributed by atoms with Crippen LogP contribution in [0.4, 0.5) is 10.1 Å².